The number of urea groups is 1. The van der Waals surface area contributed by atoms with Crippen molar-refractivity contribution in [3.05, 3.63) is 82.8 Å². The van der Waals surface area contributed by atoms with Crippen molar-refractivity contribution in [2.24, 2.45) is 0 Å². The number of anilines is 1. The van der Waals surface area contributed by atoms with Crippen LogP contribution in [0.15, 0.2) is 60.3 Å². The Bertz CT molecular complexity index is 1600. The molecule has 2 aliphatic rings. The number of rotatable bonds is 8. The summed E-state index contributed by atoms with van der Waals surface area (Å²) in [7, 11) is 4.52. The molecule has 44 heavy (non-hydrogen) atoms. The number of aliphatic hydroxyl groups is 1. The van der Waals surface area contributed by atoms with Crippen molar-refractivity contribution in [2.75, 3.05) is 39.7 Å². The van der Waals surface area contributed by atoms with Crippen LogP contribution < -0.4 is 15.4 Å². The minimum absolute atomic E-state index is 0.0555. The van der Waals surface area contributed by atoms with E-state index in [0.29, 0.717) is 42.3 Å². The lowest BCUT2D eigenvalue weighted by Gasteiger charge is -2.33. The second-order valence-corrected chi connectivity index (χ2v) is 11.3. The number of methoxy groups -OCH3 is 1. The van der Waals surface area contributed by atoms with Gasteiger partial charge in [0.05, 0.1) is 12.7 Å². The van der Waals surface area contributed by atoms with Crippen molar-refractivity contribution >= 4 is 17.6 Å². The number of amides is 3. The van der Waals surface area contributed by atoms with Gasteiger partial charge < -0.3 is 30.1 Å². The first-order valence-electron chi connectivity index (χ1n) is 14.7. The molecule has 0 radical (unpaired) electrons. The van der Waals surface area contributed by atoms with Crippen molar-refractivity contribution < 1.29 is 28.6 Å². The fraction of sp³-hybridized carbons (Fsp3) is 0.353. The summed E-state index contributed by atoms with van der Waals surface area (Å²) in [6, 6.07) is 14.8. The monoisotopic (exact) mass is 602 g/mol. The predicted octanol–water partition coefficient (Wildman–Crippen LogP) is 5.19. The average molecular weight is 603 g/mol. The maximum atomic E-state index is 15.6. The van der Waals surface area contributed by atoms with Crippen molar-refractivity contribution in [3.63, 3.8) is 0 Å². The highest BCUT2D eigenvalue weighted by atomic mass is 19.1. The minimum atomic E-state index is -1.36. The van der Waals surface area contributed by atoms with Gasteiger partial charge in [0.1, 0.15) is 11.6 Å². The van der Waals surface area contributed by atoms with E-state index >= 15 is 4.39 Å². The van der Waals surface area contributed by atoms with Crippen LogP contribution in [0, 0.1) is 19.7 Å². The SMILES string of the molecule is COc1cc(-c2cccc(-c3cccc(NC(=O)C4=CN(C)C(=O)N(C)C4O)c3C)c2C)cc(F)c1CNC1CCOCC1. The first-order chi connectivity index (χ1) is 21.1. The smallest absolute Gasteiger partial charge is 0.325 e. The lowest BCUT2D eigenvalue weighted by atomic mass is 9.90. The Labute approximate surface area is 257 Å². The average Bonchev–Trinajstić information content (AvgIpc) is 3.02. The first-order valence-corrected chi connectivity index (χ1v) is 14.7. The number of halogens is 1. The molecule has 0 spiro atoms. The van der Waals surface area contributed by atoms with E-state index < -0.39 is 18.2 Å². The molecule has 1 atom stereocenters. The summed E-state index contributed by atoms with van der Waals surface area (Å²) >= 11 is 0. The number of likely N-dealkylation sites (N-methyl/N-ethyl adjacent to an activating group) is 1. The molecule has 9 nitrogen and oxygen atoms in total. The molecule has 3 amide bonds. The van der Waals surface area contributed by atoms with Gasteiger partial charge >= 0.3 is 6.03 Å². The summed E-state index contributed by atoms with van der Waals surface area (Å²) in [5, 5.41) is 16.9. The fourth-order valence-electron chi connectivity index (χ4n) is 5.83. The number of hydrogen-bond acceptors (Lipinski definition) is 6. The van der Waals surface area contributed by atoms with E-state index in [1.807, 2.05) is 50.2 Å². The second-order valence-electron chi connectivity index (χ2n) is 11.3. The van der Waals surface area contributed by atoms with Gasteiger partial charge in [-0.25, -0.2) is 9.18 Å². The molecule has 5 rings (SSSR count). The summed E-state index contributed by atoms with van der Waals surface area (Å²) in [4.78, 5) is 27.7. The minimum Gasteiger partial charge on any atom is -0.496 e. The molecule has 2 heterocycles. The maximum absolute atomic E-state index is 15.6. The highest BCUT2D eigenvalue weighted by molar-refractivity contribution is 6.06. The third-order valence-corrected chi connectivity index (χ3v) is 8.52. The molecule has 1 saturated heterocycles. The third kappa shape index (κ3) is 6.19. The molecule has 0 aromatic heterocycles. The Morgan fingerprint density at radius 2 is 1.70 bits per heavy atom. The Morgan fingerprint density at radius 3 is 2.41 bits per heavy atom. The predicted molar refractivity (Wildman–Crippen MR) is 168 cm³/mol. The molecule has 0 aliphatic carbocycles. The van der Waals surface area contributed by atoms with Crippen LogP contribution in [-0.2, 0) is 16.1 Å². The van der Waals surface area contributed by atoms with E-state index in [-0.39, 0.29) is 17.4 Å². The van der Waals surface area contributed by atoms with Crippen LogP contribution in [0.4, 0.5) is 14.9 Å². The summed E-state index contributed by atoms with van der Waals surface area (Å²) in [5.74, 6) is -0.354. The first kappa shape index (κ1) is 31.2. The van der Waals surface area contributed by atoms with E-state index in [2.05, 4.69) is 10.6 Å². The van der Waals surface area contributed by atoms with Gasteiger partial charge in [0.2, 0.25) is 0 Å². The number of hydrogen-bond donors (Lipinski definition) is 3. The van der Waals surface area contributed by atoms with Crippen LogP contribution in [0.25, 0.3) is 22.3 Å². The summed E-state index contributed by atoms with van der Waals surface area (Å²) in [6.07, 6.45) is 1.78. The van der Waals surface area contributed by atoms with Crippen LogP contribution >= 0.6 is 0 Å². The molecular formula is C34H39FN4O5. The normalized spacial score (nSPS) is 17.5. The van der Waals surface area contributed by atoms with Crippen molar-refractivity contribution in [1.82, 2.24) is 15.1 Å². The molecule has 10 heteroatoms. The fourth-order valence-corrected chi connectivity index (χ4v) is 5.83. The van der Waals surface area contributed by atoms with Gasteiger partial charge in [-0.05, 0) is 78.3 Å². The van der Waals surface area contributed by atoms with Crippen molar-refractivity contribution in [1.29, 1.82) is 0 Å². The molecule has 1 unspecified atom stereocenters. The summed E-state index contributed by atoms with van der Waals surface area (Å²) in [6.45, 7) is 5.69. The van der Waals surface area contributed by atoms with Gasteiger partial charge in [0, 0.05) is 57.3 Å². The number of nitrogens with one attached hydrogen (secondary N) is 2. The molecule has 0 bridgehead atoms. The third-order valence-electron chi connectivity index (χ3n) is 8.52. The number of ether oxygens (including phenoxy) is 2. The van der Waals surface area contributed by atoms with Crippen LogP contribution in [-0.4, -0.2) is 73.5 Å². The molecule has 3 aromatic rings. The Morgan fingerprint density at radius 1 is 1.05 bits per heavy atom. The van der Waals surface area contributed by atoms with E-state index in [1.54, 1.807) is 19.2 Å². The number of carbonyl (C=O) groups is 2. The molecule has 232 valence electrons. The zero-order chi connectivity index (χ0) is 31.5. The van der Waals surface area contributed by atoms with Gasteiger partial charge in [-0.3, -0.25) is 9.69 Å². The lowest BCUT2D eigenvalue weighted by Crippen LogP contribution is -2.49. The van der Waals surface area contributed by atoms with Gasteiger partial charge in [-0.15, -0.1) is 0 Å². The van der Waals surface area contributed by atoms with Gasteiger partial charge in [-0.2, -0.15) is 0 Å². The standard InChI is InChI=1S/C34H39FN4O5/c1-20-24(22-16-29(35)27(31(17-22)43-5)18-36-23-12-14-44-15-13-23)8-6-9-25(20)26-10-7-11-30(21(26)2)37-32(40)28-19-38(3)34(42)39(4)33(28)41/h6-11,16-17,19,23,33,36,41H,12-15,18H2,1-5H3,(H,37,40). The molecule has 1 fully saturated rings. The van der Waals surface area contributed by atoms with Crippen molar-refractivity contribution in [2.45, 2.75) is 45.5 Å². The van der Waals surface area contributed by atoms with E-state index in [0.717, 1.165) is 45.6 Å². The van der Waals surface area contributed by atoms with Gasteiger partial charge in [-0.1, -0.05) is 30.3 Å². The summed E-state index contributed by atoms with van der Waals surface area (Å²) in [5.41, 5.74) is 6.29. The zero-order valence-corrected chi connectivity index (χ0v) is 25.7. The zero-order valence-electron chi connectivity index (χ0n) is 25.7. The number of benzene rings is 3. The topological polar surface area (TPSA) is 103 Å². The molecule has 3 N–H and O–H groups in total. The van der Waals surface area contributed by atoms with Gasteiger partial charge in [0.25, 0.3) is 5.91 Å². The van der Waals surface area contributed by atoms with Crippen LogP contribution in [0.1, 0.15) is 29.5 Å². The van der Waals surface area contributed by atoms with Crippen LogP contribution in [0.3, 0.4) is 0 Å². The van der Waals surface area contributed by atoms with Crippen LogP contribution in [0.2, 0.25) is 0 Å². The Balaban J connectivity index is 1.42. The quantitative estimate of drug-likeness (QED) is 0.328. The highest BCUT2D eigenvalue weighted by Gasteiger charge is 2.33. The van der Waals surface area contributed by atoms with E-state index in [4.69, 9.17) is 9.47 Å². The highest BCUT2D eigenvalue weighted by Crippen LogP contribution is 2.38. The Hall–Kier alpha value is -4.25. The largest absolute Gasteiger partial charge is 0.496 e. The molecular weight excluding hydrogens is 563 g/mol. The Kier molecular flexibility index (Phi) is 9.33. The number of carbonyl (C=O) groups excluding carboxylic acids is 2. The van der Waals surface area contributed by atoms with Gasteiger partial charge in [0.15, 0.2) is 6.23 Å². The molecule has 3 aromatic carbocycles. The van der Waals surface area contributed by atoms with Crippen molar-refractivity contribution in [3.8, 4) is 28.0 Å². The number of aliphatic hydroxyl groups excluding tert-OH is 1. The molecule has 0 saturated carbocycles. The maximum Gasteiger partial charge on any atom is 0.325 e. The summed E-state index contributed by atoms with van der Waals surface area (Å²) < 4.78 is 26.6. The van der Waals surface area contributed by atoms with E-state index in [9.17, 15) is 14.7 Å². The second kappa shape index (κ2) is 13.2. The van der Waals surface area contributed by atoms with Crippen LogP contribution in [0.5, 0.6) is 5.75 Å². The number of nitrogens with zero attached hydrogens (tertiary/aromatic N) is 2. The molecule has 2 aliphatic heterocycles. The lowest BCUT2D eigenvalue weighted by molar-refractivity contribution is -0.115. The van der Waals surface area contributed by atoms with E-state index in [1.165, 1.54) is 25.2 Å².